The first-order chi connectivity index (χ1) is 9.79. The first-order valence-electron chi connectivity index (χ1n) is 5.82. The summed E-state index contributed by atoms with van der Waals surface area (Å²) < 4.78 is 31.0. The molecule has 2 rings (SSSR count). The van der Waals surface area contributed by atoms with Crippen LogP contribution in [-0.2, 0) is 10.1 Å². The molecule has 0 spiro atoms. The smallest absolute Gasteiger partial charge is 0.296 e. The van der Waals surface area contributed by atoms with Gasteiger partial charge in [-0.15, -0.1) is 0 Å². The molecule has 0 aliphatic heterocycles. The van der Waals surface area contributed by atoms with Gasteiger partial charge in [-0.25, -0.2) is 0 Å². The van der Waals surface area contributed by atoms with Gasteiger partial charge in [0, 0.05) is 11.4 Å². The van der Waals surface area contributed by atoms with Gasteiger partial charge in [0.2, 0.25) is 0 Å². The third kappa shape index (κ3) is 3.30. The number of carbonyl (C=O) groups is 1. The van der Waals surface area contributed by atoms with Gasteiger partial charge in [0.15, 0.2) is 0 Å². The van der Waals surface area contributed by atoms with Crippen molar-refractivity contribution in [3.05, 3.63) is 48.0 Å². The number of nitrogens with one attached hydrogen (secondary N) is 1. The van der Waals surface area contributed by atoms with Gasteiger partial charge in [-0.1, -0.05) is 12.1 Å². The minimum atomic E-state index is -4.40. The zero-order chi connectivity index (χ0) is 15.6. The molecular formula is C13H13N3O4S. The summed E-state index contributed by atoms with van der Waals surface area (Å²) >= 11 is 0. The lowest BCUT2D eigenvalue weighted by atomic mass is 10.1. The molecule has 0 saturated carbocycles. The second-order valence-electron chi connectivity index (χ2n) is 4.27. The van der Waals surface area contributed by atoms with Crippen molar-refractivity contribution in [1.82, 2.24) is 0 Å². The van der Waals surface area contributed by atoms with Crippen LogP contribution in [0.5, 0.6) is 0 Å². The standard InChI is InChI=1S/C13H13N3O4S/c14-10-4-2-1-3-9(10)13(17)16-8-5-6-12(11(15)7-8)21(18,19)20/h1-7H,14-15H2,(H,16,17)(H,18,19,20). The number of amides is 1. The zero-order valence-corrected chi connectivity index (χ0v) is 11.6. The maximum atomic E-state index is 12.0. The first-order valence-corrected chi connectivity index (χ1v) is 7.26. The molecule has 1 amide bonds. The second kappa shape index (κ2) is 5.43. The number of nitrogen functional groups attached to an aromatic ring is 2. The summed E-state index contributed by atoms with van der Waals surface area (Å²) in [6, 6.07) is 10.2. The normalized spacial score (nSPS) is 11.1. The van der Waals surface area contributed by atoms with E-state index in [1.165, 1.54) is 12.1 Å². The van der Waals surface area contributed by atoms with Crippen molar-refractivity contribution in [2.75, 3.05) is 16.8 Å². The van der Waals surface area contributed by atoms with Crippen LogP contribution < -0.4 is 16.8 Å². The molecule has 0 unspecified atom stereocenters. The lowest BCUT2D eigenvalue weighted by Gasteiger charge is -2.09. The van der Waals surface area contributed by atoms with Gasteiger partial charge < -0.3 is 16.8 Å². The van der Waals surface area contributed by atoms with Gasteiger partial charge in [-0.3, -0.25) is 9.35 Å². The monoisotopic (exact) mass is 307 g/mol. The molecule has 7 nitrogen and oxygen atoms in total. The Hall–Kier alpha value is -2.58. The average Bonchev–Trinajstić information content (AvgIpc) is 2.37. The Labute approximate surface area is 121 Å². The van der Waals surface area contributed by atoms with Gasteiger partial charge >= 0.3 is 0 Å². The summed E-state index contributed by atoms with van der Waals surface area (Å²) in [5, 5.41) is 2.54. The summed E-state index contributed by atoms with van der Waals surface area (Å²) in [4.78, 5) is 11.6. The number of rotatable bonds is 3. The van der Waals surface area contributed by atoms with E-state index < -0.39 is 20.9 Å². The Morgan fingerprint density at radius 3 is 2.29 bits per heavy atom. The lowest BCUT2D eigenvalue weighted by molar-refractivity contribution is 0.102. The Kier molecular flexibility index (Phi) is 3.83. The van der Waals surface area contributed by atoms with E-state index in [0.717, 1.165) is 6.07 Å². The van der Waals surface area contributed by atoms with Crippen LogP contribution in [0.1, 0.15) is 10.4 Å². The van der Waals surface area contributed by atoms with Gasteiger partial charge in [0.05, 0.1) is 11.3 Å². The number of nitrogens with two attached hydrogens (primary N) is 2. The summed E-state index contributed by atoms with van der Waals surface area (Å²) in [6.07, 6.45) is 0. The number of carbonyl (C=O) groups excluding carboxylic acids is 1. The van der Waals surface area contributed by atoms with Crippen LogP contribution in [-0.4, -0.2) is 18.9 Å². The highest BCUT2D eigenvalue weighted by atomic mass is 32.2. The molecule has 2 aromatic rings. The Morgan fingerprint density at radius 2 is 1.71 bits per heavy atom. The fourth-order valence-corrected chi connectivity index (χ4v) is 2.36. The van der Waals surface area contributed by atoms with Crippen LogP contribution in [0.2, 0.25) is 0 Å². The molecule has 0 radical (unpaired) electrons. The Balaban J connectivity index is 2.27. The minimum Gasteiger partial charge on any atom is -0.398 e. The maximum Gasteiger partial charge on any atom is 0.296 e. The molecule has 8 heteroatoms. The third-order valence-corrected chi connectivity index (χ3v) is 3.68. The maximum absolute atomic E-state index is 12.0. The largest absolute Gasteiger partial charge is 0.398 e. The van der Waals surface area contributed by atoms with Gasteiger partial charge in [-0.05, 0) is 30.3 Å². The van der Waals surface area contributed by atoms with E-state index in [1.807, 2.05) is 0 Å². The molecule has 0 bridgehead atoms. The molecule has 0 heterocycles. The van der Waals surface area contributed by atoms with E-state index in [2.05, 4.69) is 5.32 Å². The quantitative estimate of drug-likeness (QED) is 0.499. The molecule has 0 aliphatic rings. The number of hydrogen-bond donors (Lipinski definition) is 4. The molecule has 0 atom stereocenters. The number of anilines is 3. The fourth-order valence-electron chi connectivity index (χ4n) is 1.76. The topological polar surface area (TPSA) is 136 Å². The molecular weight excluding hydrogens is 294 g/mol. The van der Waals surface area contributed by atoms with E-state index >= 15 is 0 Å². The Bertz CT molecular complexity index is 803. The van der Waals surface area contributed by atoms with Crippen molar-refractivity contribution in [1.29, 1.82) is 0 Å². The highest BCUT2D eigenvalue weighted by Crippen LogP contribution is 2.23. The number of hydrogen-bond acceptors (Lipinski definition) is 5. The SMILES string of the molecule is Nc1ccccc1C(=O)Nc1ccc(S(=O)(=O)O)c(N)c1. The molecule has 2 aromatic carbocycles. The van der Waals surface area contributed by atoms with Gasteiger partial charge in [0.25, 0.3) is 16.0 Å². The molecule has 0 saturated heterocycles. The third-order valence-electron chi connectivity index (χ3n) is 2.75. The lowest BCUT2D eigenvalue weighted by Crippen LogP contribution is -2.14. The van der Waals surface area contributed by atoms with E-state index in [-0.39, 0.29) is 16.9 Å². The fraction of sp³-hybridized carbons (Fsp3) is 0. The van der Waals surface area contributed by atoms with Crippen LogP contribution >= 0.6 is 0 Å². The van der Waals surface area contributed by atoms with Crippen molar-refractivity contribution in [3.63, 3.8) is 0 Å². The van der Waals surface area contributed by atoms with Crippen LogP contribution in [0, 0.1) is 0 Å². The molecule has 0 fully saturated rings. The summed E-state index contributed by atoms with van der Waals surface area (Å²) in [7, 11) is -4.40. The molecule has 110 valence electrons. The summed E-state index contributed by atoms with van der Waals surface area (Å²) in [6.45, 7) is 0. The number of para-hydroxylation sites is 1. The summed E-state index contributed by atoms with van der Waals surface area (Å²) in [5.41, 5.74) is 11.9. The minimum absolute atomic E-state index is 0.170. The van der Waals surface area contributed by atoms with Gasteiger partial charge in [0.1, 0.15) is 4.90 Å². The van der Waals surface area contributed by atoms with Gasteiger partial charge in [-0.2, -0.15) is 8.42 Å². The Morgan fingerprint density at radius 1 is 1.05 bits per heavy atom. The summed E-state index contributed by atoms with van der Waals surface area (Å²) in [5.74, 6) is -0.452. The number of benzene rings is 2. The van der Waals surface area contributed by atoms with E-state index in [0.29, 0.717) is 5.69 Å². The average molecular weight is 307 g/mol. The second-order valence-corrected chi connectivity index (χ2v) is 5.66. The first kappa shape index (κ1) is 14.8. The highest BCUT2D eigenvalue weighted by Gasteiger charge is 2.15. The predicted octanol–water partition coefficient (Wildman–Crippen LogP) is 1.35. The predicted molar refractivity (Wildman–Crippen MR) is 79.5 cm³/mol. The van der Waals surface area contributed by atoms with Crippen LogP contribution in [0.4, 0.5) is 17.1 Å². The van der Waals surface area contributed by atoms with E-state index in [9.17, 15) is 13.2 Å². The highest BCUT2D eigenvalue weighted by molar-refractivity contribution is 7.86. The molecule has 0 aromatic heterocycles. The van der Waals surface area contributed by atoms with Crippen molar-refractivity contribution in [2.45, 2.75) is 4.90 Å². The van der Waals surface area contributed by atoms with Crippen LogP contribution in [0.15, 0.2) is 47.4 Å². The van der Waals surface area contributed by atoms with Crippen molar-refractivity contribution >= 4 is 33.1 Å². The molecule has 21 heavy (non-hydrogen) atoms. The molecule has 0 aliphatic carbocycles. The zero-order valence-electron chi connectivity index (χ0n) is 10.8. The van der Waals surface area contributed by atoms with Crippen LogP contribution in [0.25, 0.3) is 0 Å². The van der Waals surface area contributed by atoms with E-state index in [4.69, 9.17) is 16.0 Å². The van der Waals surface area contributed by atoms with Crippen molar-refractivity contribution in [2.24, 2.45) is 0 Å². The van der Waals surface area contributed by atoms with Crippen molar-refractivity contribution < 1.29 is 17.8 Å². The van der Waals surface area contributed by atoms with Crippen LogP contribution in [0.3, 0.4) is 0 Å². The van der Waals surface area contributed by atoms with E-state index in [1.54, 1.807) is 24.3 Å². The van der Waals surface area contributed by atoms with Crippen molar-refractivity contribution in [3.8, 4) is 0 Å². The molecule has 6 N–H and O–H groups in total.